The molecule has 0 radical (unpaired) electrons. The summed E-state index contributed by atoms with van der Waals surface area (Å²) in [6.07, 6.45) is -2.15. The van der Waals surface area contributed by atoms with E-state index in [1.165, 1.54) is 34.4 Å². The standard InChI is InChI=1S/C16H10F3.C9H13.C2H6Si.2ClH.Zr/c17-16(18,19)15-8-4-3-7-14(15)13-10-9-11-5-1-2-6-12(11)13;1-6-5-7(2)9(4)8(6)3;1-3-2;;;/h1-10H;6H,1-4H3;1-2H3;2*1H;/q;;;;;+2/p-2. The van der Waals surface area contributed by atoms with Crippen LogP contribution in [0.1, 0.15) is 53.6 Å². The molecule has 2 aliphatic carbocycles. The SMILES string of the molecule is CC1=C(C)C(C)[C]([Zr+2]([CH]2C=C(c3ccccc3C(F)(F)F)c3ccccc32)=[Si](C)C)=C1C.[Cl-].[Cl-]. The molecule has 0 aliphatic heterocycles. The van der Waals surface area contributed by atoms with E-state index >= 15 is 0 Å². The van der Waals surface area contributed by atoms with Crippen molar-refractivity contribution in [1.29, 1.82) is 0 Å². The number of hydrogen-bond acceptors (Lipinski definition) is 0. The first kappa shape index (κ1) is 29.4. The van der Waals surface area contributed by atoms with Gasteiger partial charge in [-0.25, -0.2) is 0 Å². The zero-order chi connectivity index (χ0) is 23.4. The van der Waals surface area contributed by atoms with Crippen molar-refractivity contribution in [2.75, 3.05) is 0 Å². The van der Waals surface area contributed by atoms with Crippen molar-refractivity contribution >= 4 is 11.0 Å². The minimum absolute atomic E-state index is 0. The van der Waals surface area contributed by atoms with Crippen LogP contribution < -0.4 is 24.8 Å². The van der Waals surface area contributed by atoms with Crippen molar-refractivity contribution in [3.05, 3.63) is 96.9 Å². The van der Waals surface area contributed by atoms with E-state index in [1.807, 2.05) is 18.2 Å². The molecule has 2 aromatic carbocycles. The second-order valence-electron chi connectivity index (χ2n) is 9.17. The van der Waals surface area contributed by atoms with E-state index in [0.29, 0.717) is 15.1 Å². The zero-order valence-electron chi connectivity index (χ0n) is 20.2. The summed E-state index contributed by atoms with van der Waals surface area (Å²) in [5, 5.41) is 0. The minimum Gasteiger partial charge on any atom is -1.00 e. The average molecular weight is 601 g/mol. The Bertz CT molecular complexity index is 1230. The smallest absolute Gasteiger partial charge is 1.00 e. The van der Waals surface area contributed by atoms with E-state index in [1.54, 1.807) is 15.4 Å². The Morgan fingerprint density at radius 2 is 1.38 bits per heavy atom. The van der Waals surface area contributed by atoms with Gasteiger partial charge in [0, 0.05) is 0 Å². The Balaban J connectivity index is 0.00000204. The largest absolute Gasteiger partial charge is 1.00 e. The Hall–Kier alpha value is -0.870. The van der Waals surface area contributed by atoms with Gasteiger partial charge in [0.2, 0.25) is 0 Å². The van der Waals surface area contributed by atoms with Gasteiger partial charge in [-0.15, -0.1) is 0 Å². The van der Waals surface area contributed by atoms with Crippen LogP contribution in [0.3, 0.4) is 0 Å². The van der Waals surface area contributed by atoms with Crippen LogP contribution in [0.2, 0.25) is 13.1 Å². The van der Waals surface area contributed by atoms with Crippen LogP contribution in [0.5, 0.6) is 0 Å². The molecule has 180 valence electrons. The fourth-order valence-corrected chi connectivity index (χ4v) is 25.0. The molecule has 0 fully saturated rings. The molecule has 7 heteroatoms. The molecule has 0 N–H and O–H groups in total. The summed E-state index contributed by atoms with van der Waals surface area (Å²) < 4.78 is 43.6. The second kappa shape index (κ2) is 11.0. The average Bonchev–Trinajstić information content (AvgIpc) is 3.21. The topological polar surface area (TPSA) is 0 Å². The van der Waals surface area contributed by atoms with Crippen molar-refractivity contribution in [2.45, 2.75) is 50.6 Å². The van der Waals surface area contributed by atoms with Gasteiger partial charge >= 0.3 is 198 Å². The van der Waals surface area contributed by atoms with Crippen LogP contribution in [-0.4, -0.2) is 5.43 Å². The molecular formula is C27H29Cl2F3SiZr. The van der Waals surface area contributed by atoms with Gasteiger partial charge in [-0.05, 0) is 0 Å². The number of benzene rings is 2. The maximum absolute atomic E-state index is 13.9. The van der Waals surface area contributed by atoms with Crippen LogP contribution in [0.25, 0.3) is 5.57 Å². The molecule has 2 aliphatic rings. The monoisotopic (exact) mass is 598 g/mol. The van der Waals surface area contributed by atoms with E-state index in [0.717, 1.165) is 11.1 Å². The van der Waals surface area contributed by atoms with Crippen molar-refractivity contribution in [1.82, 2.24) is 0 Å². The molecule has 0 saturated carbocycles. The van der Waals surface area contributed by atoms with Crippen molar-refractivity contribution in [3.63, 3.8) is 0 Å². The third-order valence-electron chi connectivity index (χ3n) is 7.22. The summed E-state index contributed by atoms with van der Waals surface area (Å²) in [6, 6.07) is 14.2. The number of halogens is 5. The van der Waals surface area contributed by atoms with E-state index in [-0.39, 0.29) is 24.8 Å². The Morgan fingerprint density at radius 3 is 1.91 bits per heavy atom. The predicted octanol–water partition coefficient (Wildman–Crippen LogP) is 2.33. The van der Waals surface area contributed by atoms with E-state index in [4.69, 9.17) is 0 Å². The van der Waals surface area contributed by atoms with Crippen molar-refractivity contribution in [3.8, 4) is 0 Å². The Morgan fingerprint density at radius 1 is 0.824 bits per heavy atom. The summed E-state index contributed by atoms with van der Waals surface area (Å²) in [6.45, 7) is 13.9. The summed E-state index contributed by atoms with van der Waals surface area (Å²) in [5.41, 5.74) is 6.54. The fourth-order valence-electron chi connectivity index (χ4n) is 5.35. The van der Waals surface area contributed by atoms with Gasteiger partial charge in [-0.3, -0.25) is 0 Å². The summed E-state index contributed by atoms with van der Waals surface area (Å²) in [7, 11) is 0. The summed E-state index contributed by atoms with van der Waals surface area (Å²) >= 11 is -2.23. The molecule has 0 saturated heterocycles. The molecule has 0 heterocycles. The molecule has 4 rings (SSSR count). The molecular weight excluding hydrogens is 572 g/mol. The fraction of sp³-hybridized carbons (Fsp3) is 0.333. The van der Waals surface area contributed by atoms with Gasteiger partial charge in [0.05, 0.1) is 0 Å². The molecule has 2 atom stereocenters. The summed E-state index contributed by atoms with van der Waals surface area (Å²) in [5.74, 6) is 0.469. The second-order valence-corrected chi connectivity index (χ2v) is 26.6. The van der Waals surface area contributed by atoms with Crippen LogP contribution in [0.15, 0.2) is 74.6 Å². The maximum Gasteiger partial charge on any atom is -1.00 e. The van der Waals surface area contributed by atoms with Crippen molar-refractivity contribution in [2.24, 2.45) is 5.92 Å². The van der Waals surface area contributed by atoms with Crippen LogP contribution in [0.4, 0.5) is 13.2 Å². The third-order valence-corrected chi connectivity index (χ3v) is 25.8. The molecule has 0 spiro atoms. The predicted molar refractivity (Wildman–Crippen MR) is 125 cm³/mol. The molecule has 2 aromatic rings. The molecule has 2 unspecified atom stereocenters. The molecule has 0 bridgehead atoms. The Kier molecular flexibility index (Phi) is 9.53. The number of alkyl halides is 3. The van der Waals surface area contributed by atoms with Crippen LogP contribution in [0, 0.1) is 5.92 Å². The van der Waals surface area contributed by atoms with Gasteiger partial charge in [-0.1, -0.05) is 0 Å². The number of allylic oxidation sites excluding steroid dienone is 5. The Labute approximate surface area is 221 Å². The van der Waals surface area contributed by atoms with E-state index in [9.17, 15) is 13.2 Å². The normalized spacial score (nSPS) is 19.1. The van der Waals surface area contributed by atoms with Gasteiger partial charge < -0.3 is 24.8 Å². The number of hydrogen-bond donors (Lipinski definition) is 0. The first-order chi connectivity index (χ1) is 15.0. The molecule has 0 amide bonds. The molecule has 0 nitrogen and oxygen atoms in total. The molecule has 34 heavy (non-hydrogen) atoms. The van der Waals surface area contributed by atoms with E-state index < -0.39 is 37.5 Å². The van der Waals surface area contributed by atoms with Gasteiger partial charge in [-0.2, -0.15) is 0 Å². The zero-order valence-corrected chi connectivity index (χ0v) is 25.2. The quantitative estimate of drug-likeness (QED) is 0.475. The minimum atomic E-state index is -4.37. The van der Waals surface area contributed by atoms with Crippen molar-refractivity contribution < 1.29 is 58.4 Å². The number of fused-ring (bicyclic) bond motifs is 1. The van der Waals surface area contributed by atoms with Gasteiger partial charge in [0.15, 0.2) is 0 Å². The van der Waals surface area contributed by atoms with Crippen LogP contribution >= 0.6 is 0 Å². The third kappa shape index (κ3) is 5.01. The van der Waals surface area contributed by atoms with E-state index in [2.05, 4.69) is 52.9 Å². The first-order valence-electron chi connectivity index (χ1n) is 11.1. The molecule has 0 aromatic heterocycles. The van der Waals surface area contributed by atoms with Gasteiger partial charge in [0.25, 0.3) is 0 Å². The maximum atomic E-state index is 13.9. The van der Waals surface area contributed by atoms with Crippen LogP contribution in [-0.2, 0) is 26.5 Å². The van der Waals surface area contributed by atoms with Gasteiger partial charge in [0.1, 0.15) is 0 Å². The summed E-state index contributed by atoms with van der Waals surface area (Å²) in [4.78, 5) is 0. The number of rotatable bonds is 3. The first-order valence-corrected chi connectivity index (χ1v) is 19.9.